The van der Waals surface area contributed by atoms with E-state index in [-0.39, 0.29) is 5.91 Å². The number of carbonyl (C=O) groups is 1. The molecular weight excluding hydrogens is 386 g/mol. The number of rotatable bonds is 4. The average molecular weight is 416 g/mol. The lowest BCUT2D eigenvalue weighted by Crippen LogP contribution is -2.34. The molecule has 0 saturated carbocycles. The van der Waals surface area contributed by atoms with E-state index in [1.807, 2.05) is 12.3 Å². The molecule has 31 heavy (non-hydrogen) atoms. The molecule has 1 amide bonds. The molecule has 3 aromatic rings. The molecule has 2 aliphatic rings. The van der Waals surface area contributed by atoms with Gasteiger partial charge in [-0.25, -0.2) is 4.98 Å². The van der Waals surface area contributed by atoms with Gasteiger partial charge in [-0.1, -0.05) is 26.0 Å². The average Bonchev–Trinajstić information content (AvgIpc) is 3.37. The lowest BCUT2D eigenvalue weighted by atomic mass is 9.97. The number of aromatic nitrogens is 3. The zero-order chi connectivity index (χ0) is 21.5. The molecule has 5 rings (SSSR count). The number of imidazole rings is 1. The van der Waals surface area contributed by atoms with Gasteiger partial charge in [0.05, 0.1) is 23.6 Å². The number of pyridine rings is 1. The van der Waals surface area contributed by atoms with E-state index in [4.69, 9.17) is 4.98 Å². The summed E-state index contributed by atoms with van der Waals surface area (Å²) < 4.78 is 2.35. The summed E-state index contributed by atoms with van der Waals surface area (Å²) in [7, 11) is 0. The van der Waals surface area contributed by atoms with Crippen molar-refractivity contribution in [3.63, 3.8) is 0 Å². The Balaban J connectivity index is 1.44. The van der Waals surface area contributed by atoms with E-state index in [1.165, 1.54) is 16.9 Å². The van der Waals surface area contributed by atoms with Crippen LogP contribution < -0.4 is 10.2 Å². The fourth-order valence-corrected chi connectivity index (χ4v) is 4.86. The number of anilines is 1. The van der Waals surface area contributed by atoms with Crippen LogP contribution in [0.3, 0.4) is 0 Å². The minimum atomic E-state index is 0.150. The Bertz CT molecular complexity index is 1120. The number of hydrogen-bond donors (Lipinski definition) is 1. The second-order valence-corrected chi connectivity index (χ2v) is 8.92. The lowest BCUT2D eigenvalue weighted by Gasteiger charge is -2.31. The van der Waals surface area contributed by atoms with Crippen LogP contribution in [0.25, 0.3) is 11.3 Å². The van der Waals surface area contributed by atoms with Crippen LogP contribution in [0.1, 0.15) is 54.9 Å². The molecule has 0 aliphatic carbocycles. The third kappa shape index (κ3) is 3.60. The van der Waals surface area contributed by atoms with Gasteiger partial charge in [0, 0.05) is 49.4 Å². The molecular formula is C25H29N5O. The van der Waals surface area contributed by atoms with Gasteiger partial charge < -0.3 is 14.8 Å². The Labute approximate surface area is 183 Å². The van der Waals surface area contributed by atoms with Crippen molar-refractivity contribution in [1.82, 2.24) is 19.9 Å². The van der Waals surface area contributed by atoms with Crippen molar-refractivity contribution in [3.05, 3.63) is 65.4 Å². The molecule has 4 heterocycles. The van der Waals surface area contributed by atoms with E-state index < -0.39 is 0 Å². The highest BCUT2D eigenvalue weighted by molar-refractivity contribution is 5.79. The fourth-order valence-electron chi connectivity index (χ4n) is 4.86. The molecule has 6 nitrogen and oxygen atoms in total. The molecule has 2 aromatic heterocycles. The minimum Gasteiger partial charge on any atom is -0.364 e. The van der Waals surface area contributed by atoms with Gasteiger partial charge in [-0.2, -0.15) is 0 Å². The third-order valence-corrected chi connectivity index (χ3v) is 6.55. The normalized spacial score (nSPS) is 18.4. The van der Waals surface area contributed by atoms with Crippen molar-refractivity contribution in [2.24, 2.45) is 0 Å². The minimum absolute atomic E-state index is 0.150. The van der Waals surface area contributed by atoms with Gasteiger partial charge in [-0.05, 0) is 42.7 Å². The monoisotopic (exact) mass is 415 g/mol. The molecule has 1 unspecified atom stereocenters. The molecule has 6 heteroatoms. The molecule has 1 saturated heterocycles. The molecule has 160 valence electrons. The first-order valence-corrected chi connectivity index (χ1v) is 11.1. The van der Waals surface area contributed by atoms with Gasteiger partial charge in [-0.15, -0.1) is 0 Å². The van der Waals surface area contributed by atoms with Gasteiger partial charge >= 0.3 is 0 Å². The second kappa shape index (κ2) is 7.84. The van der Waals surface area contributed by atoms with E-state index in [0.29, 0.717) is 18.3 Å². The number of fused-ring (bicyclic) bond motifs is 1. The number of hydrogen-bond acceptors (Lipinski definition) is 4. The van der Waals surface area contributed by atoms with Crippen LogP contribution in [0.4, 0.5) is 5.69 Å². The number of amides is 1. The van der Waals surface area contributed by atoms with Crippen molar-refractivity contribution in [2.45, 2.75) is 52.1 Å². The summed E-state index contributed by atoms with van der Waals surface area (Å²) >= 11 is 0. The first kappa shape index (κ1) is 19.8. The molecule has 0 radical (unpaired) electrons. The lowest BCUT2D eigenvalue weighted by molar-refractivity contribution is -0.119. The number of aryl methyl sites for hydroxylation is 1. The Morgan fingerprint density at radius 1 is 1.13 bits per heavy atom. The van der Waals surface area contributed by atoms with Crippen LogP contribution in [0.2, 0.25) is 0 Å². The quantitative estimate of drug-likeness (QED) is 0.700. The highest BCUT2D eigenvalue weighted by Crippen LogP contribution is 2.34. The fraction of sp³-hybridized carbons (Fsp3) is 0.400. The molecule has 1 N–H and O–H groups in total. The number of benzene rings is 1. The summed E-state index contributed by atoms with van der Waals surface area (Å²) in [4.78, 5) is 23.6. The van der Waals surface area contributed by atoms with Crippen LogP contribution in [0, 0.1) is 6.92 Å². The smallest absolute Gasteiger partial charge is 0.220 e. The zero-order valence-corrected chi connectivity index (χ0v) is 18.4. The Morgan fingerprint density at radius 3 is 2.65 bits per heavy atom. The van der Waals surface area contributed by atoms with Gasteiger partial charge in [0.25, 0.3) is 0 Å². The molecule has 0 spiro atoms. The van der Waals surface area contributed by atoms with Crippen molar-refractivity contribution >= 4 is 11.6 Å². The van der Waals surface area contributed by atoms with E-state index in [0.717, 1.165) is 49.0 Å². The second-order valence-electron chi connectivity index (χ2n) is 8.92. The topological polar surface area (TPSA) is 63.1 Å². The first-order valence-electron chi connectivity index (χ1n) is 11.1. The van der Waals surface area contributed by atoms with Crippen molar-refractivity contribution in [1.29, 1.82) is 0 Å². The van der Waals surface area contributed by atoms with Crippen LogP contribution in [0.5, 0.6) is 0 Å². The predicted octanol–water partition coefficient (Wildman–Crippen LogP) is 4.00. The maximum absolute atomic E-state index is 11.5. The van der Waals surface area contributed by atoms with Gasteiger partial charge in [0.2, 0.25) is 5.91 Å². The highest BCUT2D eigenvalue weighted by atomic mass is 16.1. The van der Waals surface area contributed by atoms with Crippen molar-refractivity contribution in [2.75, 3.05) is 18.0 Å². The largest absolute Gasteiger partial charge is 0.364 e. The molecule has 2 aliphatic heterocycles. The molecule has 1 fully saturated rings. The SMILES string of the molecule is Cc1nc(-c2cccnc2C(C)C)c2n1CCN(c1ccc(C3CNC(=O)C3)cc1)C2. The number of carbonyl (C=O) groups excluding carboxylic acids is 1. The summed E-state index contributed by atoms with van der Waals surface area (Å²) in [5.74, 6) is 1.85. The summed E-state index contributed by atoms with van der Waals surface area (Å²) in [6.07, 6.45) is 2.46. The summed E-state index contributed by atoms with van der Waals surface area (Å²) in [5, 5.41) is 2.93. The number of nitrogens with one attached hydrogen (secondary N) is 1. The first-order chi connectivity index (χ1) is 15.0. The van der Waals surface area contributed by atoms with Gasteiger partial charge in [-0.3, -0.25) is 9.78 Å². The van der Waals surface area contributed by atoms with Crippen LogP contribution >= 0.6 is 0 Å². The predicted molar refractivity (Wildman–Crippen MR) is 122 cm³/mol. The zero-order valence-electron chi connectivity index (χ0n) is 18.4. The van der Waals surface area contributed by atoms with Crippen molar-refractivity contribution in [3.8, 4) is 11.3 Å². The molecule has 1 aromatic carbocycles. The maximum Gasteiger partial charge on any atom is 0.220 e. The Morgan fingerprint density at radius 2 is 1.94 bits per heavy atom. The summed E-state index contributed by atoms with van der Waals surface area (Å²) in [5.41, 5.74) is 7.01. The Hall–Kier alpha value is -3.15. The van der Waals surface area contributed by atoms with E-state index >= 15 is 0 Å². The van der Waals surface area contributed by atoms with Crippen molar-refractivity contribution < 1.29 is 4.79 Å². The van der Waals surface area contributed by atoms with E-state index in [1.54, 1.807) is 0 Å². The highest BCUT2D eigenvalue weighted by Gasteiger charge is 2.26. The summed E-state index contributed by atoms with van der Waals surface area (Å²) in [6.45, 7) is 9.91. The van der Waals surface area contributed by atoms with Crippen LogP contribution in [0.15, 0.2) is 42.6 Å². The van der Waals surface area contributed by atoms with Gasteiger partial charge in [0.15, 0.2) is 0 Å². The molecule has 0 bridgehead atoms. The van der Waals surface area contributed by atoms with Crippen LogP contribution in [-0.4, -0.2) is 33.5 Å². The number of nitrogens with zero attached hydrogens (tertiary/aromatic N) is 4. The third-order valence-electron chi connectivity index (χ3n) is 6.55. The summed E-state index contributed by atoms with van der Waals surface area (Å²) in [6, 6.07) is 12.9. The van der Waals surface area contributed by atoms with Gasteiger partial charge in [0.1, 0.15) is 5.82 Å². The maximum atomic E-state index is 11.5. The standard InChI is InChI=1S/C25H29N5O/c1-16(2)24-21(5-4-10-26-24)25-22-15-29(11-12-30(22)17(3)28-25)20-8-6-18(7-9-20)19-13-23(31)27-14-19/h4-10,16,19H,11-15H2,1-3H3,(H,27,31). The van der Waals surface area contributed by atoms with E-state index in [2.05, 4.69) is 70.9 Å². The molecule has 1 atom stereocenters. The van der Waals surface area contributed by atoms with E-state index in [9.17, 15) is 4.79 Å². The van der Waals surface area contributed by atoms with Crippen LogP contribution in [-0.2, 0) is 17.9 Å². The Kier molecular flexibility index (Phi) is 5.00.